The minimum absolute atomic E-state index is 0.0218. The number of carbonyl (C=O) groups excluding carboxylic acids is 1. The summed E-state index contributed by atoms with van der Waals surface area (Å²) in [4.78, 5) is 11.4. The van der Waals surface area contributed by atoms with Gasteiger partial charge in [-0.3, -0.25) is 0 Å². The Morgan fingerprint density at radius 1 is 1.22 bits per heavy atom. The largest absolute Gasteiger partial charge is 0.466 e. The van der Waals surface area contributed by atoms with Gasteiger partial charge in [0.15, 0.2) is 0 Å². The van der Waals surface area contributed by atoms with Gasteiger partial charge in [0, 0.05) is 11.5 Å². The van der Waals surface area contributed by atoms with Crippen molar-refractivity contribution in [3.8, 4) is 0 Å². The molecule has 98 valence electrons. The zero-order valence-corrected chi connectivity index (χ0v) is 11.9. The number of esters is 1. The lowest BCUT2D eigenvalue weighted by Gasteiger charge is -2.20. The number of hydrogen-bond acceptors (Lipinski definition) is 2. The predicted molar refractivity (Wildman–Crippen MR) is 74.7 cm³/mol. The molecule has 1 rings (SSSR count). The van der Waals surface area contributed by atoms with Crippen molar-refractivity contribution in [2.24, 2.45) is 0 Å². The molecule has 0 saturated carbocycles. The Labute approximate surface area is 110 Å². The number of ether oxygens (including phenoxy) is 1. The van der Waals surface area contributed by atoms with E-state index < -0.39 is 0 Å². The summed E-state index contributed by atoms with van der Waals surface area (Å²) in [5.41, 5.74) is 2.99. The second-order valence-corrected chi connectivity index (χ2v) is 5.61. The number of benzene rings is 1. The van der Waals surface area contributed by atoms with Crippen LogP contribution in [0.1, 0.15) is 44.7 Å². The van der Waals surface area contributed by atoms with Crippen LogP contribution in [-0.4, -0.2) is 13.1 Å². The van der Waals surface area contributed by atoms with Crippen molar-refractivity contribution < 1.29 is 9.53 Å². The van der Waals surface area contributed by atoms with Crippen molar-refractivity contribution in [2.75, 3.05) is 7.11 Å². The molecular weight excluding hydrogens is 224 g/mol. The van der Waals surface area contributed by atoms with E-state index in [1.54, 1.807) is 0 Å². The van der Waals surface area contributed by atoms with Crippen LogP contribution < -0.4 is 0 Å². The zero-order valence-electron chi connectivity index (χ0n) is 11.9. The Morgan fingerprint density at radius 2 is 1.72 bits per heavy atom. The van der Waals surface area contributed by atoms with Gasteiger partial charge < -0.3 is 4.74 Å². The molecule has 2 nitrogen and oxygen atoms in total. The molecule has 18 heavy (non-hydrogen) atoms. The first-order chi connectivity index (χ1) is 8.27. The minimum atomic E-state index is -0.345. The van der Waals surface area contributed by atoms with E-state index in [4.69, 9.17) is 4.74 Å². The lowest BCUT2D eigenvalue weighted by atomic mass is 9.85. The van der Waals surface area contributed by atoms with E-state index in [1.807, 2.05) is 6.92 Å². The Kier molecular flexibility index (Phi) is 4.33. The van der Waals surface area contributed by atoms with Crippen LogP contribution in [-0.2, 0) is 14.9 Å². The molecule has 1 aromatic rings. The third-order valence-electron chi connectivity index (χ3n) is 3.25. The first-order valence-electron chi connectivity index (χ1n) is 6.15. The second kappa shape index (κ2) is 5.38. The molecule has 0 bridgehead atoms. The summed E-state index contributed by atoms with van der Waals surface area (Å²) in [6.07, 6.45) is 0. The standard InChI is InChI=1S/C16H22O2/c1-11(12(2)15(17)18-6)13-7-9-14(10-8-13)16(3,4)5/h7-11H,2H2,1,3-6H3/t11-/m1/s1. The summed E-state index contributed by atoms with van der Waals surface area (Å²) in [6, 6.07) is 8.32. The third kappa shape index (κ3) is 3.22. The van der Waals surface area contributed by atoms with Crippen LogP contribution in [0.3, 0.4) is 0 Å². The van der Waals surface area contributed by atoms with Crippen LogP contribution in [0.2, 0.25) is 0 Å². The van der Waals surface area contributed by atoms with Crippen molar-refractivity contribution in [2.45, 2.75) is 39.0 Å². The van der Waals surface area contributed by atoms with Crippen LogP contribution >= 0.6 is 0 Å². The molecule has 0 fully saturated rings. The van der Waals surface area contributed by atoms with E-state index in [-0.39, 0.29) is 17.3 Å². The van der Waals surface area contributed by atoms with Crippen molar-refractivity contribution in [3.05, 3.63) is 47.5 Å². The first-order valence-corrected chi connectivity index (χ1v) is 6.15. The van der Waals surface area contributed by atoms with E-state index in [0.29, 0.717) is 5.57 Å². The first kappa shape index (κ1) is 14.5. The fraction of sp³-hybridized carbons (Fsp3) is 0.438. The Bertz CT molecular complexity index is 435. The van der Waals surface area contributed by atoms with Crippen LogP contribution in [0, 0.1) is 0 Å². The van der Waals surface area contributed by atoms with Gasteiger partial charge in [-0.05, 0) is 16.5 Å². The average Bonchev–Trinajstić information content (AvgIpc) is 2.35. The van der Waals surface area contributed by atoms with Crippen molar-refractivity contribution in [3.63, 3.8) is 0 Å². The fourth-order valence-corrected chi connectivity index (χ4v) is 1.78. The molecule has 1 aromatic carbocycles. The molecule has 0 amide bonds. The van der Waals surface area contributed by atoms with E-state index in [9.17, 15) is 4.79 Å². The Morgan fingerprint density at radius 3 is 2.11 bits per heavy atom. The van der Waals surface area contributed by atoms with Gasteiger partial charge in [-0.1, -0.05) is 58.5 Å². The molecular formula is C16H22O2. The van der Waals surface area contributed by atoms with Crippen molar-refractivity contribution >= 4 is 5.97 Å². The SMILES string of the molecule is C=C(C(=O)OC)[C@@H](C)c1ccc(C(C)(C)C)cc1. The summed E-state index contributed by atoms with van der Waals surface area (Å²) in [5, 5.41) is 0. The highest BCUT2D eigenvalue weighted by Crippen LogP contribution is 2.27. The van der Waals surface area contributed by atoms with E-state index >= 15 is 0 Å². The van der Waals surface area contributed by atoms with Gasteiger partial charge >= 0.3 is 5.97 Å². The summed E-state index contributed by atoms with van der Waals surface area (Å²) < 4.78 is 4.69. The summed E-state index contributed by atoms with van der Waals surface area (Å²) in [6.45, 7) is 12.3. The third-order valence-corrected chi connectivity index (χ3v) is 3.25. The van der Waals surface area contributed by atoms with Crippen molar-refractivity contribution in [1.29, 1.82) is 0 Å². The maximum Gasteiger partial charge on any atom is 0.333 e. The molecule has 0 aromatic heterocycles. The lowest BCUT2D eigenvalue weighted by Crippen LogP contribution is -2.12. The van der Waals surface area contributed by atoms with Crippen LogP contribution in [0.5, 0.6) is 0 Å². The normalized spacial score (nSPS) is 12.9. The van der Waals surface area contributed by atoms with Gasteiger partial charge in [-0.15, -0.1) is 0 Å². The fourth-order valence-electron chi connectivity index (χ4n) is 1.78. The van der Waals surface area contributed by atoms with Crippen LogP contribution in [0.4, 0.5) is 0 Å². The summed E-state index contributed by atoms with van der Waals surface area (Å²) in [7, 11) is 1.38. The number of methoxy groups -OCH3 is 1. The molecule has 1 atom stereocenters. The molecule has 0 N–H and O–H groups in total. The molecule has 0 radical (unpaired) electrons. The van der Waals surface area contributed by atoms with Gasteiger partial charge in [0.05, 0.1) is 7.11 Å². The van der Waals surface area contributed by atoms with E-state index in [2.05, 4.69) is 51.6 Å². The molecule has 0 aliphatic carbocycles. The van der Waals surface area contributed by atoms with Gasteiger partial charge in [0.25, 0.3) is 0 Å². The van der Waals surface area contributed by atoms with Gasteiger partial charge in [-0.25, -0.2) is 4.79 Å². The quantitative estimate of drug-likeness (QED) is 0.598. The molecule has 0 saturated heterocycles. The maximum atomic E-state index is 11.4. The zero-order chi connectivity index (χ0) is 13.9. The molecule has 0 aliphatic rings. The topological polar surface area (TPSA) is 26.3 Å². The van der Waals surface area contributed by atoms with E-state index in [1.165, 1.54) is 12.7 Å². The summed E-state index contributed by atoms with van der Waals surface area (Å²) >= 11 is 0. The molecule has 0 spiro atoms. The highest BCUT2D eigenvalue weighted by atomic mass is 16.5. The maximum absolute atomic E-state index is 11.4. The predicted octanol–water partition coefficient (Wildman–Crippen LogP) is 3.82. The molecule has 0 unspecified atom stereocenters. The van der Waals surface area contributed by atoms with Gasteiger partial charge in [0.2, 0.25) is 0 Å². The molecule has 2 heteroatoms. The van der Waals surface area contributed by atoms with Crippen LogP contribution in [0.25, 0.3) is 0 Å². The summed E-state index contributed by atoms with van der Waals surface area (Å²) in [5.74, 6) is -0.367. The molecule has 0 heterocycles. The monoisotopic (exact) mass is 246 g/mol. The number of hydrogen-bond donors (Lipinski definition) is 0. The van der Waals surface area contributed by atoms with Gasteiger partial charge in [0.1, 0.15) is 0 Å². The Hall–Kier alpha value is -1.57. The average molecular weight is 246 g/mol. The minimum Gasteiger partial charge on any atom is -0.466 e. The van der Waals surface area contributed by atoms with Crippen LogP contribution in [0.15, 0.2) is 36.4 Å². The second-order valence-electron chi connectivity index (χ2n) is 5.61. The Balaban J connectivity index is 2.92. The highest BCUT2D eigenvalue weighted by molar-refractivity contribution is 5.89. The van der Waals surface area contributed by atoms with Gasteiger partial charge in [-0.2, -0.15) is 0 Å². The lowest BCUT2D eigenvalue weighted by molar-refractivity contribution is -0.136. The number of carbonyl (C=O) groups is 1. The molecule has 0 aliphatic heterocycles. The smallest absolute Gasteiger partial charge is 0.333 e. The number of rotatable bonds is 3. The highest BCUT2D eigenvalue weighted by Gasteiger charge is 2.18. The van der Waals surface area contributed by atoms with E-state index in [0.717, 1.165) is 5.56 Å². The van der Waals surface area contributed by atoms with Crippen molar-refractivity contribution in [1.82, 2.24) is 0 Å².